The fraction of sp³-hybridized carbons (Fsp3) is 0.0625. The molecule has 6 nitrogen and oxygen atoms in total. The summed E-state index contributed by atoms with van der Waals surface area (Å²) in [6.07, 6.45) is 0. The second-order valence-electron chi connectivity index (χ2n) is 4.47. The second-order valence-corrected chi connectivity index (χ2v) is 4.47. The maximum atomic E-state index is 10.6. The molecule has 0 bridgehead atoms. The largest absolute Gasteiger partial charge is 0.481 e. The number of aromatic nitrogens is 2. The summed E-state index contributed by atoms with van der Waals surface area (Å²) in [5.74, 6) is 0.0849. The highest BCUT2D eigenvalue weighted by Crippen LogP contribution is 2.29. The minimum atomic E-state index is -1.05. The number of carboxylic acid groups (broad SMARTS) is 1. The molecule has 1 aromatic heterocycles. The van der Waals surface area contributed by atoms with Crippen LogP contribution in [0, 0.1) is 0 Å². The molecule has 1 heterocycles. The monoisotopic (exact) mass is 296 g/mol. The first-order valence-corrected chi connectivity index (χ1v) is 6.57. The van der Waals surface area contributed by atoms with Gasteiger partial charge in [-0.3, -0.25) is 0 Å². The van der Waals surface area contributed by atoms with Crippen molar-refractivity contribution in [1.82, 2.24) is 10.1 Å². The number of aliphatic carboxylic acids is 1. The maximum absolute atomic E-state index is 10.6. The molecule has 0 aliphatic heterocycles. The summed E-state index contributed by atoms with van der Waals surface area (Å²) in [5, 5.41) is 12.7. The van der Waals surface area contributed by atoms with Gasteiger partial charge in [0.1, 0.15) is 5.75 Å². The van der Waals surface area contributed by atoms with Crippen molar-refractivity contribution in [1.29, 1.82) is 0 Å². The molecule has 110 valence electrons. The van der Waals surface area contributed by atoms with E-state index in [0.29, 0.717) is 23.0 Å². The summed E-state index contributed by atoms with van der Waals surface area (Å²) in [6.45, 7) is -0.430. The molecule has 3 rings (SSSR count). The summed E-state index contributed by atoms with van der Waals surface area (Å²) in [6, 6.07) is 16.3. The predicted octanol–water partition coefficient (Wildman–Crippen LogP) is 2.87. The molecule has 0 saturated heterocycles. The Balaban J connectivity index is 1.92. The zero-order chi connectivity index (χ0) is 15.4. The van der Waals surface area contributed by atoms with E-state index in [2.05, 4.69) is 10.1 Å². The van der Waals surface area contributed by atoms with Gasteiger partial charge in [-0.1, -0.05) is 35.5 Å². The molecule has 0 amide bonds. The number of nitrogens with zero attached hydrogens (tertiary/aromatic N) is 2. The van der Waals surface area contributed by atoms with E-state index < -0.39 is 12.6 Å². The Morgan fingerprint density at radius 2 is 1.82 bits per heavy atom. The van der Waals surface area contributed by atoms with Crippen LogP contribution in [0.3, 0.4) is 0 Å². The van der Waals surface area contributed by atoms with Gasteiger partial charge in [-0.05, 0) is 24.3 Å². The average Bonchev–Trinajstić information content (AvgIpc) is 3.04. The van der Waals surface area contributed by atoms with Gasteiger partial charge < -0.3 is 14.4 Å². The van der Waals surface area contributed by atoms with Crippen LogP contribution in [0.15, 0.2) is 59.1 Å². The van der Waals surface area contributed by atoms with Crippen LogP contribution in [-0.4, -0.2) is 27.8 Å². The first-order chi connectivity index (χ1) is 10.7. The molecule has 0 aliphatic carbocycles. The third-order valence-electron chi connectivity index (χ3n) is 2.93. The van der Waals surface area contributed by atoms with E-state index in [9.17, 15) is 4.79 Å². The summed E-state index contributed by atoms with van der Waals surface area (Å²) in [5.41, 5.74) is 1.39. The third-order valence-corrected chi connectivity index (χ3v) is 2.93. The van der Waals surface area contributed by atoms with Crippen LogP contribution >= 0.6 is 0 Å². The van der Waals surface area contributed by atoms with E-state index in [1.54, 1.807) is 24.3 Å². The van der Waals surface area contributed by atoms with Crippen LogP contribution in [0.2, 0.25) is 0 Å². The summed E-state index contributed by atoms with van der Waals surface area (Å²) in [7, 11) is 0. The molecule has 0 radical (unpaired) electrons. The van der Waals surface area contributed by atoms with E-state index >= 15 is 0 Å². The van der Waals surface area contributed by atoms with Gasteiger partial charge in [0.15, 0.2) is 6.61 Å². The highest BCUT2D eigenvalue weighted by atomic mass is 16.5. The lowest BCUT2D eigenvalue weighted by Gasteiger charge is -2.06. The molecule has 22 heavy (non-hydrogen) atoms. The van der Waals surface area contributed by atoms with Gasteiger partial charge >= 0.3 is 5.97 Å². The summed E-state index contributed by atoms with van der Waals surface area (Å²) >= 11 is 0. The number of ether oxygens (including phenoxy) is 1. The molecule has 3 aromatic rings. The molecule has 0 atom stereocenters. The van der Waals surface area contributed by atoms with Gasteiger partial charge in [0.25, 0.3) is 5.89 Å². The van der Waals surface area contributed by atoms with Crippen molar-refractivity contribution < 1.29 is 19.2 Å². The number of benzene rings is 2. The number of para-hydroxylation sites is 1. The van der Waals surface area contributed by atoms with Gasteiger partial charge in [0.2, 0.25) is 5.82 Å². The van der Waals surface area contributed by atoms with Crippen molar-refractivity contribution >= 4 is 5.97 Å². The first-order valence-electron chi connectivity index (χ1n) is 6.57. The van der Waals surface area contributed by atoms with E-state index in [0.717, 1.165) is 5.56 Å². The molecule has 0 spiro atoms. The SMILES string of the molecule is O=C(O)COc1ccccc1-c1noc(-c2ccccc2)n1. The van der Waals surface area contributed by atoms with Crippen LogP contribution in [0.4, 0.5) is 0 Å². The van der Waals surface area contributed by atoms with Crippen molar-refractivity contribution in [3.05, 3.63) is 54.6 Å². The number of carbonyl (C=O) groups is 1. The lowest BCUT2D eigenvalue weighted by Crippen LogP contribution is -2.10. The smallest absolute Gasteiger partial charge is 0.341 e. The third kappa shape index (κ3) is 2.95. The van der Waals surface area contributed by atoms with E-state index in [4.69, 9.17) is 14.4 Å². The molecule has 0 aliphatic rings. The van der Waals surface area contributed by atoms with Crippen molar-refractivity contribution in [2.45, 2.75) is 0 Å². The van der Waals surface area contributed by atoms with Gasteiger partial charge in [0, 0.05) is 5.56 Å². The Kier molecular flexibility index (Phi) is 3.82. The fourth-order valence-corrected chi connectivity index (χ4v) is 1.95. The molecule has 0 fully saturated rings. The van der Waals surface area contributed by atoms with Crippen molar-refractivity contribution in [3.63, 3.8) is 0 Å². The van der Waals surface area contributed by atoms with Crippen LogP contribution in [0.5, 0.6) is 5.75 Å². The summed E-state index contributed by atoms with van der Waals surface area (Å²) in [4.78, 5) is 15.0. The fourth-order valence-electron chi connectivity index (χ4n) is 1.95. The van der Waals surface area contributed by atoms with Gasteiger partial charge in [0.05, 0.1) is 5.56 Å². The van der Waals surface area contributed by atoms with Crippen LogP contribution in [0.25, 0.3) is 22.8 Å². The zero-order valence-corrected chi connectivity index (χ0v) is 11.5. The topological polar surface area (TPSA) is 85.5 Å². The lowest BCUT2D eigenvalue weighted by molar-refractivity contribution is -0.139. The van der Waals surface area contributed by atoms with Crippen LogP contribution in [-0.2, 0) is 4.79 Å². The highest BCUT2D eigenvalue weighted by molar-refractivity contribution is 5.70. The zero-order valence-electron chi connectivity index (χ0n) is 11.5. The Hall–Kier alpha value is -3.15. The minimum absolute atomic E-state index is 0.347. The molecule has 2 aromatic carbocycles. The molecular formula is C16H12N2O4. The van der Waals surface area contributed by atoms with Gasteiger partial charge in [-0.15, -0.1) is 0 Å². The Bertz CT molecular complexity index is 784. The van der Waals surface area contributed by atoms with Gasteiger partial charge in [-0.2, -0.15) is 4.98 Å². The highest BCUT2D eigenvalue weighted by Gasteiger charge is 2.14. The molecule has 1 N–H and O–H groups in total. The van der Waals surface area contributed by atoms with E-state index in [1.807, 2.05) is 30.3 Å². The molecule has 6 heteroatoms. The number of rotatable bonds is 5. The first kappa shape index (κ1) is 13.8. The molecule has 0 saturated carbocycles. The van der Waals surface area contributed by atoms with Crippen LogP contribution in [0.1, 0.15) is 0 Å². The van der Waals surface area contributed by atoms with Crippen LogP contribution < -0.4 is 4.74 Å². The standard InChI is InChI=1S/C16H12N2O4/c19-14(20)10-21-13-9-5-4-8-12(13)15-17-16(22-18-15)11-6-2-1-3-7-11/h1-9H,10H2,(H,19,20). The Morgan fingerprint density at radius 3 is 2.59 bits per heavy atom. The summed E-state index contributed by atoms with van der Waals surface area (Å²) < 4.78 is 10.5. The number of carboxylic acids is 1. The minimum Gasteiger partial charge on any atom is -0.481 e. The lowest BCUT2D eigenvalue weighted by atomic mass is 10.2. The van der Waals surface area contributed by atoms with E-state index in [1.165, 1.54) is 0 Å². The van der Waals surface area contributed by atoms with Crippen molar-refractivity contribution in [2.75, 3.05) is 6.61 Å². The Labute approximate surface area is 126 Å². The second kappa shape index (κ2) is 6.09. The van der Waals surface area contributed by atoms with Crippen molar-refractivity contribution in [2.24, 2.45) is 0 Å². The normalized spacial score (nSPS) is 10.4. The quantitative estimate of drug-likeness (QED) is 0.779. The van der Waals surface area contributed by atoms with Gasteiger partial charge in [-0.25, -0.2) is 4.79 Å². The molecule has 0 unspecified atom stereocenters. The number of hydrogen-bond donors (Lipinski definition) is 1. The predicted molar refractivity (Wildman–Crippen MR) is 78.3 cm³/mol. The average molecular weight is 296 g/mol. The maximum Gasteiger partial charge on any atom is 0.341 e. The number of hydrogen-bond acceptors (Lipinski definition) is 5. The van der Waals surface area contributed by atoms with Crippen molar-refractivity contribution in [3.8, 4) is 28.6 Å². The van der Waals surface area contributed by atoms with E-state index in [-0.39, 0.29) is 0 Å². The Morgan fingerprint density at radius 1 is 1.09 bits per heavy atom. The molecular weight excluding hydrogens is 284 g/mol.